The summed E-state index contributed by atoms with van der Waals surface area (Å²) in [5.74, 6) is 1.18. The molecule has 2 fully saturated rings. The van der Waals surface area contributed by atoms with Gasteiger partial charge in [0.05, 0.1) is 23.4 Å². The Morgan fingerprint density at radius 3 is 2.84 bits per heavy atom. The van der Waals surface area contributed by atoms with Gasteiger partial charge >= 0.3 is 0 Å². The minimum Gasteiger partial charge on any atom is -0.482 e. The first kappa shape index (κ1) is 20.7. The number of carbonyl (C=O) groups excluding carboxylic acids is 1. The number of hydrogen-bond acceptors (Lipinski definition) is 8. The number of fused-ring (bicyclic) bond motifs is 1. The van der Waals surface area contributed by atoms with Gasteiger partial charge < -0.3 is 14.0 Å². The quantitative estimate of drug-likeness (QED) is 0.654. The van der Waals surface area contributed by atoms with Crippen LogP contribution in [0.2, 0.25) is 5.02 Å². The van der Waals surface area contributed by atoms with E-state index in [4.69, 9.17) is 25.6 Å². The predicted molar refractivity (Wildman–Crippen MR) is 109 cm³/mol. The van der Waals surface area contributed by atoms with Crippen molar-refractivity contribution in [3.8, 4) is 5.75 Å². The van der Waals surface area contributed by atoms with E-state index in [0.717, 1.165) is 25.7 Å². The number of carbonyl (C=O) groups is 1. The summed E-state index contributed by atoms with van der Waals surface area (Å²) in [6, 6.07) is 2.75. The third-order valence-corrected chi connectivity index (χ3v) is 7.37. The summed E-state index contributed by atoms with van der Waals surface area (Å²) in [4.78, 5) is 18.1. The number of nitrogens with one attached hydrogen (secondary N) is 1. The smallest absolute Gasteiger partial charge is 0.265 e. The van der Waals surface area contributed by atoms with E-state index in [1.54, 1.807) is 0 Å². The normalized spacial score (nSPS) is 21.3. The van der Waals surface area contributed by atoms with E-state index in [1.807, 2.05) is 0 Å². The van der Waals surface area contributed by atoms with Gasteiger partial charge in [0, 0.05) is 25.1 Å². The van der Waals surface area contributed by atoms with Crippen LogP contribution in [0.1, 0.15) is 43.3 Å². The molecular formula is C19H21ClN4O6S. The van der Waals surface area contributed by atoms with Crippen molar-refractivity contribution in [1.29, 1.82) is 0 Å². The van der Waals surface area contributed by atoms with Crippen LogP contribution in [0, 0.1) is 0 Å². The number of halogens is 1. The summed E-state index contributed by atoms with van der Waals surface area (Å²) < 4.78 is 44.3. The van der Waals surface area contributed by atoms with Crippen LogP contribution in [0.15, 0.2) is 21.6 Å². The third kappa shape index (κ3) is 4.27. The van der Waals surface area contributed by atoms with Crippen LogP contribution in [-0.2, 0) is 26.1 Å². The van der Waals surface area contributed by atoms with Crippen molar-refractivity contribution < 1.29 is 27.2 Å². The van der Waals surface area contributed by atoms with E-state index >= 15 is 0 Å². The zero-order chi connectivity index (χ0) is 21.6. The molecule has 1 aliphatic carbocycles. The number of anilines is 1. The minimum atomic E-state index is -3.89. The van der Waals surface area contributed by atoms with Gasteiger partial charge in [0.25, 0.3) is 5.91 Å². The van der Waals surface area contributed by atoms with Crippen molar-refractivity contribution in [2.75, 3.05) is 24.7 Å². The molecule has 3 aliphatic rings. The second kappa shape index (κ2) is 8.05. The standard InChI is InChI=1S/C19H21ClN4O6S/c20-13-6-14-15(7-16(13)31(26,27)21-8-12-2-1-5-28-12)29-10-18(25)24(14)9-17-22-19(30-23-17)11-3-4-11/h6-7,11-12,21H,1-5,8-10H2/t12-/m0/s1. The van der Waals surface area contributed by atoms with Gasteiger partial charge in [0.2, 0.25) is 15.9 Å². The molecule has 0 spiro atoms. The first-order valence-electron chi connectivity index (χ1n) is 10.1. The maximum absolute atomic E-state index is 12.8. The highest BCUT2D eigenvalue weighted by molar-refractivity contribution is 7.89. The molecule has 1 atom stereocenters. The molecule has 1 amide bonds. The van der Waals surface area contributed by atoms with Crippen molar-refractivity contribution in [3.63, 3.8) is 0 Å². The van der Waals surface area contributed by atoms with Crippen LogP contribution in [0.4, 0.5) is 5.69 Å². The average Bonchev–Trinajstić information content (AvgIpc) is 3.25. The topological polar surface area (TPSA) is 124 Å². The fraction of sp³-hybridized carbons (Fsp3) is 0.526. The third-order valence-electron chi connectivity index (χ3n) is 5.48. The number of nitrogens with zero attached hydrogens (tertiary/aromatic N) is 3. The molecule has 166 valence electrons. The van der Waals surface area contributed by atoms with Crippen LogP contribution in [0.25, 0.3) is 0 Å². The summed E-state index contributed by atoms with van der Waals surface area (Å²) >= 11 is 6.32. The van der Waals surface area contributed by atoms with E-state index < -0.39 is 10.0 Å². The van der Waals surface area contributed by atoms with Crippen molar-refractivity contribution in [3.05, 3.63) is 28.9 Å². The minimum absolute atomic E-state index is 0.0197. The lowest BCUT2D eigenvalue weighted by Gasteiger charge is -2.29. The monoisotopic (exact) mass is 468 g/mol. The number of rotatable bonds is 7. The van der Waals surface area contributed by atoms with Gasteiger partial charge in [0.15, 0.2) is 12.4 Å². The lowest BCUT2D eigenvalue weighted by atomic mass is 10.2. The van der Waals surface area contributed by atoms with Gasteiger partial charge in [0.1, 0.15) is 10.6 Å². The maximum atomic E-state index is 12.8. The molecule has 1 saturated carbocycles. The summed E-state index contributed by atoms with van der Waals surface area (Å²) in [6.45, 7) is 0.643. The zero-order valence-electron chi connectivity index (χ0n) is 16.5. The van der Waals surface area contributed by atoms with Gasteiger partial charge in [-0.05, 0) is 31.7 Å². The van der Waals surface area contributed by atoms with Crippen molar-refractivity contribution in [2.24, 2.45) is 0 Å². The van der Waals surface area contributed by atoms with Crippen LogP contribution in [-0.4, -0.2) is 50.3 Å². The van der Waals surface area contributed by atoms with E-state index in [-0.39, 0.29) is 47.4 Å². The lowest BCUT2D eigenvalue weighted by molar-refractivity contribution is -0.121. The molecule has 12 heteroatoms. The number of ether oxygens (including phenoxy) is 2. The van der Waals surface area contributed by atoms with E-state index in [0.29, 0.717) is 29.9 Å². The van der Waals surface area contributed by atoms with Crippen LogP contribution in [0.5, 0.6) is 5.75 Å². The van der Waals surface area contributed by atoms with Crippen molar-refractivity contribution >= 4 is 33.2 Å². The van der Waals surface area contributed by atoms with Crippen LogP contribution in [0.3, 0.4) is 0 Å². The number of aromatic nitrogens is 2. The molecule has 0 unspecified atom stereocenters. The lowest BCUT2D eigenvalue weighted by Crippen LogP contribution is -2.39. The number of amides is 1. The molecule has 1 aromatic carbocycles. The Balaban J connectivity index is 1.38. The second-order valence-corrected chi connectivity index (χ2v) is 9.97. The summed E-state index contributed by atoms with van der Waals surface area (Å²) in [6.07, 6.45) is 3.61. The molecule has 1 aromatic heterocycles. The average molecular weight is 469 g/mol. The molecule has 0 bridgehead atoms. The Kier molecular flexibility index (Phi) is 5.37. The van der Waals surface area contributed by atoms with Crippen molar-refractivity contribution in [1.82, 2.24) is 14.9 Å². The van der Waals surface area contributed by atoms with Gasteiger partial charge in [-0.25, -0.2) is 13.1 Å². The molecule has 0 radical (unpaired) electrons. The molecule has 2 aromatic rings. The molecule has 1 saturated heterocycles. The number of sulfonamides is 1. The SMILES string of the molecule is O=C1COc2cc(S(=O)(=O)NC[C@@H]3CCCO3)c(Cl)cc2N1Cc1noc(C2CC2)n1. The first-order valence-corrected chi connectivity index (χ1v) is 12.0. The van der Waals surface area contributed by atoms with E-state index in [9.17, 15) is 13.2 Å². The molecule has 31 heavy (non-hydrogen) atoms. The Hall–Kier alpha value is -2.21. The summed E-state index contributed by atoms with van der Waals surface area (Å²) in [7, 11) is -3.89. The summed E-state index contributed by atoms with van der Waals surface area (Å²) in [5, 5.41) is 3.93. The van der Waals surface area contributed by atoms with Gasteiger partial charge in [-0.15, -0.1) is 0 Å². The molecule has 1 N–H and O–H groups in total. The van der Waals surface area contributed by atoms with E-state index in [1.165, 1.54) is 17.0 Å². The van der Waals surface area contributed by atoms with E-state index in [2.05, 4.69) is 14.9 Å². The Bertz CT molecular complexity index is 1110. The molecule has 3 heterocycles. The fourth-order valence-electron chi connectivity index (χ4n) is 3.64. The highest BCUT2D eigenvalue weighted by Gasteiger charge is 2.33. The molecule has 10 nitrogen and oxygen atoms in total. The Morgan fingerprint density at radius 1 is 1.26 bits per heavy atom. The fourth-order valence-corrected chi connectivity index (χ4v) is 5.24. The molecular weight excluding hydrogens is 448 g/mol. The van der Waals surface area contributed by atoms with Crippen LogP contribution >= 0.6 is 11.6 Å². The second-order valence-electron chi connectivity index (χ2n) is 7.83. The van der Waals surface area contributed by atoms with Gasteiger partial charge in [-0.2, -0.15) is 4.98 Å². The Labute approximate surface area is 183 Å². The number of benzene rings is 1. The maximum Gasteiger partial charge on any atom is 0.265 e. The zero-order valence-corrected chi connectivity index (χ0v) is 18.1. The number of hydrogen-bond donors (Lipinski definition) is 1. The largest absolute Gasteiger partial charge is 0.482 e. The van der Waals surface area contributed by atoms with Crippen LogP contribution < -0.4 is 14.4 Å². The molecule has 2 aliphatic heterocycles. The highest BCUT2D eigenvalue weighted by Crippen LogP contribution is 2.40. The van der Waals surface area contributed by atoms with Crippen molar-refractivity contribution in [2.45, 2.75) is 49.1 Å². The van der Waals surface area contributed by atoms with Gasteiger partial charge in [-0.1, -0.05) is 16.8 Å². The highest BCUT2D eigenvalue weighted by atomic mass is 35.5. The summed E-state index contributed by atoms with van der Waals surface area (Å²) in [5.41, 5.74) is 0.358. The van der Waals surface area contributed by atoms with Gasteiger partial charge in [-0.3, -0.25) is 9.69 Å². The Morgan fingerprint density at radius 2 is 2.10 bits per heavy atom. The molecule has 5 rings (SSSR count). The first-order chi connectivity index (χ1) is 14.9. The predicted octanol–water partition coefficient (Wildman–Crippen LogP) is 1.98.